The zero-order valence-corrected chi connectivity index (χ0v) is 18.8. The second-order valence-electron chi connectivity index (χ2n) is 7.24. The summed E-state index contributed by atoms with van der Waals surface area (Å²) >= 11 is 0. The molecule has 180 valence electrons. The molecular formula is C22H26O11. The van der Waals surface area contributed by atoms with Crippen LogP contribution in [0.15, 0.2) is 30.3 Å². The smallest absolute Gasteiger partial charge is 0.305 e. The first-order chi connectivity index (χ1) is 15.5. The van der Waals surface area contributed by atoms with E-state index in [9.17, 15) is 24.0 Å². The fourth-order valence-electron chi connectivity index (χ4n) is 3.45. The Labute approximate surface area is 190 Å². The van der Waals surface area contributed by atoms with Crippen LogP contribution in [-0.4, -0.2) is 60.6 Å². The van der Waals surface area contributed by atoms with Gasteiger partial charge in [-0.25, -0.2) is 0 Å². The number of rotatable bonds is 7. The Morgan fingerprint density at radius 1 is 0.667 bits per heavy atom. The summed E-state index contributed by atoms with van der Waals surface area (Å²) in [4.78, 5) is 59.2. The van der Waals surface area contributed by atoms with E-state index < -0.39 is 66.7 Å². The maximum absolute atomic E-state index is 11.9. The van der Waals surface area contributed by atoms with Crippen molar-refractivity contribution in [1.29, 1.82) is 0 Å². The minimum atomic E-state index is -1.56. The van der Waals surface area contributed by atoms with Crippen molar-refractivity contribution in [3.63, 3.8) is 0 Å². The fraction of sp³-hybridized carbons (Fsp3) is 0.500. The molecule has 0 aromatic heterocycles. The zero-order valence-electron chi connectivity index (χ0n) is 18.8. The number of ether oxygens (including phenoxy) is 6. The molecule has 0 spiro atoms. The number of carbonyl (C=O) groups is 5. The molecule has 1 fully saturated rings. The highest BCUT2D eigenvalue weighted by Gasteiger charge is 2.56. The van der Waals surface area contributed by atoms with Crippen LogP contribution in [0.25, 0.3) is 0 Å². The summed E-state index contributed by atoms with van der Waals surface area (Å²) in [5, 5.41) is 0. The van der Waals surface area contributed by atoms with E-state index >= 15 is 0 Å². The molecule has 1 aromatic carbocycles. The van der Waals surface area contributed by atoms with Crippen molar-refractivity contribution in [3.8, 4) is 0 Å². The van der Waals surface area contributed by atoms with Gasteiger partial charge in [0.1, 0.15) is 6.10 Å². The molecule has 2 rings (SSSR count). The fourth-order valence-corrected chi connectivity index (χ4v) is 3.45. The van der Waals surface area contributed by atoms with E-state index in [1.165, 1.54) is 6.92 Å². The Morgan fingerprint density at radius 3 is 1.64 bits per heavy atom. The molecule has 33 heavy (non-hydrogen) atoms. The molecule has 0 N–H and O–H groups in total. The summed E-state index contributed by atoms with van der Waals surface area (Å²) in [5.74, 6) is -3.82. The van der Waals surface area contributed by atoms with Crippen molar-refractivity contribution < 1.29 is 52.4 Å². The average Bonchev–Trinajstić information content (AvgIpc) is 2.69. The van der Waals surface area contributed by atoms with Gasteiger partial charge in [0, 0.05) is 34.6 Å². The van der Waals surface area contributed by atoms with Crippen molar-refractivity contribution in [2.24, 2.45) is 0 Å². The number of esters is 5. The highest BCUT2D eigenvalue weighted by atomic mass is 16.7. The van der Waals surface area contributed by atoms with Gasteiger partial charge in [0.2, 0.25) is 12.4 Å². The largest absolute Gasteiger partial charge is 0.455 e. The van der Waals surface area contributed by atoms with Crippen molar-refractivity contribution in [2.75, 3.05) is 0 Å². The molecule has 1 heterocycles. The topological polar surface area (TPSA) is 141 Å². The standard InChI is InChI=1S/C22H26O11/c1-11(23)28-17(16-9-7-6-8-10-16)18-19(29-12(2)24)20(30-13(3)25)21(31-14(4)26)22(33-18)32-15(5)27/h6-10,17-22H,1-5H3/t17-,18-,19-,20-,21-,22?/m1/s1. The van der Waals surface area contributed by atoms with E-state index in [1.807, 2.05) is 0 Å². The second-order valence-corrected chi connectivity index (χ2v) is 7.24. The molecular weight excluding hydrogens is 440 g/mol. The summed E-state index contributed by atoms with van der Waals surface area (Å²) in [6.07, 6.45) is -8.34. The van der Waals surface area contributed by atoms with Crippen molar-refractivity contribution in [3.05, 3.63) is 35.9 Å². The van der Waals surface area contributed by atoms with E-state index in [0.717, 1.165) is 27.7 Å². The highest BCUT2D eigenvalue weighted by Crippen LogP contribution is 2.37. The SMILES string of the molecule is CC(=O)OC1O[C@H]([C@H](OC(C)=O)c2ccccc2)[C@@H](OC(C)=O)[C@@H](OC(C)=O)[C@H]1OC(C)=O. The lowest BCUT2D eigenvalue weighted by molar-refractivity contribution is -0.309. The molecule has 0 saturated carbocycles. The highest BCUT2D eigenvalue weighted by molar-refractivity contribution is 5.69. The van der Waals surface area contributed by atoms with Gasteiger partial charge in [-0.15, -0.1) is 0 Å². The first-order valence-corrected chi connectivity index (χ1v) is 10.1. The van der Waals surface area contributed by atoms with Gasteiger partial charge in [0.25, 0.3) is 0 Å². The van der Waals surface area contributed by atoms with Gasteiger partial charge in [-0.05, 0) is 5.56 Å². The molecule has 6 atom stereocenters. The molecule has 0 radical (unpaired) electrons. The quantitative estimate of drug-likeness (QED) is 0.425. The Kier molecular flexibility index (Phi) is 8.92. The van der Waals surface area contributed by atoms with Gasteiger partial charge in [0.15, 0.2) is 18.3 Å². The van der Waals surface area contributed by atoms with Crippen LogP contribution in [-0.2, 0) is 52.4 Å². The number of hydrogen-bond acceptors (Lipinski definition) is 11. The monoisotopic (exact) mass is 466 g/mol. The van der Waals surface area contributed by atoms with Crippen LogP contribution in [0.3, 0.4) is 0 Å². The summed E-state index contributed by atoms with van der Waals surface area (Å²) in [6.45, 7) is 5.58. The van der Waals surface area contributed by atoms with Gasteiger partial charge >= 0.3 is 29.8 Å². The number of carbonyl (C=O) groups excluding carboxylic acids is 5. The molecule has 0 bridgehead atoms. The molecule has 1 aliphatic heterocycles. The minimum absolute atomic E-state index is 0.462. The lowest BCUT2D eigenvalue weighted by atomic mass is 9.91. The summed E-state index contributed by atoms with van der Waals surface area (Å²) in [6, 6.07) is 8.39. The van der Waals surface area contributed by atoms with Crippen LogP contribution in [0.5, 0.6) is 0 Å². The van der Waals surface area contributed by atoms with Crippen molar-refractivity contribution in [2.45, 2.75) is 71.4 Å². The van der Waals surface area contributed by atoms with Crippen LogP contribution in [0, 0.1) is 0 Å². The van der Waals surface area contributed by atoms with Crippen LogP contribution in [0.1, 0.15) is 46.3 Å². The minimum Gasteiger partial charge on any atom is -0.455 e. The van der Waals surface area contributed by atoms with E-state index in [2.05, 4.69) is 0 Å². The van der Waals surface area contributed by atoms with Crippen LogP contribution in [0.4, 0.5) is 0 Å². The number of hydrogen-bond donors (Lipinski definition) is 0. The third kappa shape index (κ3) is 7.28. The first-order valence-electron chi connectivity index (χ1n) is 10.1. The maximum atomic E-state index is 11.9. The Morgan fingerprint density at radius 2 is 1.15 bits per heavy atom. The molecule has 0 aliphatic carbocycles. The Hall–Kier alpha value is -3.47. The molecule has 11 nitrogen and oxygen atoms in total. The lowest BCUT2D eigenvalue weighted by Crippen LogP contribution is -2.63. The van der Waals surface area contributed by atoms with Gasteiger partial charge in [-0.3, -0.25) is 24.0 Å². The third-order valence-corrected chi connectivity index (χ3v) is 4.44. The maximum Gasteiger partial charge on any atom is 0.305 e. The average molecular weight is 466 g/mol. The Balaban J connectivity index is 2.64. The number of benzene rings is 1. The normalized spacial score (nSPS) is 25.2. The molecule has 1 aromatic rings. The van der Waals surface area contributed by atoms with E-state index in [1.54, 1.807) is 30.3 Å². The Bertz CT molecular complexity index is 882. The zero-order chi connectivity index (χ0) is 24.7. The third-order valence-electron chi connectivity index (χ3n) is 4.44. The van der Waals surface area contributed by atoms with Gasteiger partial charge in [-0.1, -0.05) is 30.3 Å². The molecule has 11 heteroatoms. The summed E-state index contributed by atoms with van der Waals surface area (Å²) < 4.78 is 32.5. The van der Waals surface area contributed by atoms with E-state index in [-0.39, 0.29) is 0 Å². The summed E-state index contributed by atoms with van der Waals surface area (Å²) in [7, 11) is 0. The van der Waals surface area contributed by atoms with Crippen LogP contribution < -0.4 is 0 Å². The lowest BCUT2D eigenvalue weighted by Gasteiger charge is -2.45. The molecule has 0 amide bonds. The van der Waals surface area contributed by atoms with Crippen LogP contribution >= 0.6 is 0 Å². The van der Waals surface area contributed by atoms with Crippen molar-refractivity contribution >= 4 is 29.8 Å². The predicted molar refractivity (Wildman–Crippen MR) is 108 cm³/mol. The predicted octanol–water partition coefficient (Wildman–Crippen LogP) is 1.37. The second kappa shape index (κ2) is 11.4. The molecule has 1 saturated heterocycles. The van der Waals surface area contributed by atoms with Crippen molar-refractivity contribution in [1.82, 2.24) is 0 Å². The molecule has 1 aliphatic rings. The van der Waals surface area contributed by atoms with E-state index in [4.69, 9.17) is 28.4 Å². The molecule has 1 unspecified atom stereocenters. The van der Waals surface area contributed by atoms with Gasteiger partial charge in [0.05, 0.1) is 0 Å². The van der Waals surface area contributed by atoms with Gasteiger partial charge < -0.3 is 28.4 Å². The first kappa shape index (κ1) is 25.8. The van der Waals surface area contributed by atoms with Gasteiger partial charge in [-0.2, -0.15) is 0 Å². The van der Waals surface area contributed by atoms with E-state index in [0.29, 0.717) is 5.56 Å². The summed E-state index contributed by atoms with van der Waals surface area (Å²) in [5.41, 5.74) is 0.462. The van der Waals surface area contributed by atoms with Crippen LogP contribution in [0.2, 0.25) is 0 Å².